The van der Waals surface area contributed by atoms with Crippen LogP contribution < -0.4 is 0 Å². The number of hydrogen-bond acceptors (Lipinski definition) is 5. The number of aliphatic hydroxyl groups excluding tert-OH is 1. The summed E-state index contributed by atoms with van der Waals surface area (Å²) in [6.07, 6.45) is 3.85. The predicted molar refractivity (Wildman–Crippen MR) is 77.5 cm³/mol. The molecule has 1 aromatic heterocycles. The molecule has 0 amide bonds. The van der Waals surface area contributed by atoms with E-state index in [4.69, 9.17) is 4.74 Å². The number of ether oxygens (including phenoxy) is 1. The molecule has 6 heteroatoms. The molecule has 0 bridgehead atoms. The van der Waals surface area contributed by atoms with Gasteiger partial charge in [-0.15, -0.1) is 0 Å². The molecule has 1 aromatic rings. The summed E-state index contributed by atoms with van der Waals surface area (Å²) in [6, 6.07) is 0. The van der Waals surface area contributed by atoms with Crippen molar-refractivity contribution < 1.29 is 9.84 Å². The number of morpholine rings is 1. The Labute approximate surface area is 121 Å². The molecular formula is C14H26N4O2. The highest BCUT2D eigenvalue weighted by Crippen LogP contribution is 2.04. The van der Waals surface area contributed by atoms with Crippen molar-refractivity contribution in [1.29, 1.82) is 0 Å². The quantitative estimate of drug-likeness (QED) is 0.729. The van der Waals surface area contributed by atoms with Gasteiger partial charge in [-0.05, 0) is 6.92 Å². The number of rotatable bonds is 8. The van der Waals surface area contributed by atoms with Crippen molar-refractivity contribution in [2.24, 2.45) is 0 Å². The van der Waals surface area contributed by atoms with E-state index in [0.717, 1.165) is 58.3 Å². The van der Waals surface area contributed by atoms with Crippen LogP contribution in [0.4, 0.5) is 0 Å². The monoisotopic (exact) mass is 282 g/mol. The topological polar surface area (TPSA) is 53.8 Å². The summed E-state index contributed by atoms with van der Waals surface area (Å²) in [7, 11) is 0. The summed E-state index contributed by atoms with van der Waals surface area (Å²) in [5.74, 6) is 1.07. The van der Waals surface area contributed by atoms with E-state index in [-0.39, 0.29) is 6.61 Å². The first kappa shape index (κ1) is 15.4. The lowest BCUT2D eigenvalue weighted by Crippen LogP contribution is -2.42. The van der Waals surface area contributed by atoms with Gasteiger partial charge in [-0.1, -0.05) is 0 Å². The molecule has 2 rings (SSSR count). The third-order valence-corrected chi connectivity index (χ3v) is 3.76. The van der Waals surface area contributed by atoms with Gasteiger partial charge in [0.2, 0.25) is 0 Å². The van der Waals surface area contributed by atoms with Crippen LogP contribution in [0.5, 0.6) is 0 Å². The number of aliphatic hydroxyl groups is 1. The molecule has 0 atom stereocenters. The smallest absolute Gasteiger partial charge is 0.122 e. The molecule has 1 N–H and O–H groups in total. The second-order valence-corrected chi connectivity index (χ2v) is 5.08. The van der Waals surface area contributed by atoms with Crippen molar-refractivity contribution in [3.05, 3.63) is 18.2 Å². The average Bonchev–Trinajstić information content (AvgIpc) is 2.93. The Morgan fingerprint density at radius 3 is 2.85 bits per heavy atom. The minimum absolute atomic E-state index is 0.190. The molecule has 0 unspecified atom stereocenters. The largest absolute Gasteiger partial charge is 0.395 e. The van der Waals surface area contributed by atoms with E-state index >= 15 is 0 Å². The number of aryl methyl sites for hydroxylation is 1. The van der Waals surface area contributed by atoms with Crippen molar-refractivity contribution in [1.82, 2.24) is 19.4 Å². The zero-order chi connectivity index (χ0) is 14.2. The molecule has 1 saturated heterocycles. The van der Waals surface area contributed by atoms with Gasteiger partial charge in [0.05, 0.1) is 26.4 Å². The highest BCUT2D eigenvalue weighted by Gasteiger charge is 2.14. The molecule has 0 radical (unpaired) electrons. The lowest BCUT2D eigenvalue weighted by atomic mass is 10.3. The molecule has 2 heterocycles. The van der Waals surface area contributed by atoms with Gasteiger partial charge in [-0.3, -0.25) is 9.80 Å². The van der Waals surface area contributed by atoms with Crippen molar-refractivity contribution in [2.75, 3.05) is 52.5 Å². The van der Waals surface area contributed by atoms with Gasteiger partial charge >= 0.3 is 0 Å². The Balaban J connectivity index is 1.83. The van der Waals surface area contributed by atoms with Gasteiger partial charge in [-0.25, -0.2) is 4.98 Å². The zero-order valence-corrected chi connectivity index (χ0v) is 12.4. The normalized spacial score (nSPS) is 16.9. The zero-order valence-electron chi connectivity index (χ0n) is 12.4. The second-order valence-electron chi connectivity index (χ2n) is 5.08. The molecule has 0 aliphatic carbocycles. The third-order valence-electron chi connectivity index (χ3n) is 3.76. The van der Waals surface area contributed by atoms with E-state index in [2.05, 4.69) is 26.3 Å². The van der Waals surface area contributed by atoms with Crippen LogP contribution in [0.1, 0.15) is 12.7 Å². The summed E-state index contributed by atoms with van der Waals surface area (Å²) >= 11 is 0. The Bertz CT molecular complexity index is 377. The molecule has 20 heavy (non-hydrogen) atoms. The van der Waals surface area contributed by atoms with Crippen LogP contribution in [0.2, 0.25) is 0 Å². The van der Waals surface area contributed by atoms with Crippen LogP contribution in [0, 0.1) is 0 Å². The fourth-order valence-corrected chi connectivity index (χ4v) is 2.50. The summed E-state index contributed by atoms with van der Waals surface area (Å²) in [5.41, 5.74) is 0. The summed E-state index contributed by atoms with van der Waals surface area (Å²) in [6.45, 7) is 10.4. The molecule has 0 saturated carbocycles. The van der Waals surface area contributed by atoms with Crippen LogP contribution in [0.25, 0.3) is 0 Å². The van der Waals surface area contributed by atoms with Gasteiger partial charge in [0.1, 0.15) is 5.82 Å². The van der Waals surface area contributed by atoms with Crippen molar-refractivity contribution in [2.45, 2.75) is 20.0 Å². The van der Waals surface area contributed by atoms with Crippen LogP contribution in [-0.4, -0.2) is 77.0 Å². The van der Waals surface area contributed by atoms with Crippen LogP contribution in [0.3, 0.4) is 0 Å². The van der Waals surface area contributed by atoms with E-state index in [0.29, 0.717) is 6.54 Å². The Kier molecular flexibility index (Phi) is 6.46. The van der Waals surface area contributed by atoms with Crippen LogP contribution in [0.15, 0.2) is 12.4 Å². The minimum Gasteiger partial charge on any atom is -0.395 e. The maximum absolute atomic E-state index is 9.23. The lowest BCUT2D eigenvalue weighted by Gasteiger charge is -2.29. The Morgan fingerprint density at radius 2 is 2.15 bits per heavy atom. The highest BCUT2D eigenvalue weighted by atomic mass is 16.5. The summed E-state index contributed by atoms with van der Waals surface area (Å²) < 4.78 is 7.51. The predicted octanol–water partition coefficient (Wildman–Crippen LogP) is 0.0295. The number of imidazole rings is 1. The van der Waals surface area contributed by atoms with E-state index in [1.54, 1.807) is 0 Å². The SMILES string of the molecule is CCn1ccnc1CN(CCO)CCN1CCOCC1. The maximum Gasteiger partial charge on any atom is 0.122 e. The second kappa shape index (κ2) is 8.36. The Hall–Kier alpha value is -0.950. The van der Waals surface area contributed by atoms with E-state index in [9.17, 15) is 5.11 Å². The highest BCUT2D eigenvalue weighted by molar-refractivity contribution is 4.92. The van der Waals surface area contributed by atoms with E-state index in [1.807, 2.05) is 12.4 Å². The van der Waals surface area contributed by atoms with Crippen molar-refractivity contribution in [3.63, 3.8) is 0 Å². The minimum atomic E-state index is 0.190. The molecule has 114 valence electrons. The first-order chi connectivity index (χ1) is 9.83. The van der Waals surface area contributed by atoms with Gasteiger partial charge in [0, 0.05) is 51.7 Å². The number of hydrogen-bond donors (Lipinski definition) is 1. The molecule has 0 spiro atoms. The van der Waals surface area contributed by atoms with E-state index < -0.39 is 0 Å². The molecule has 6 nitrogen and oxygen atoms in total. The van der Waals surface area contributed by atoms with Gasteiger partial charge in [0.25, 0.3) is 0 Å². The molecule has 1 aliphatic rings. The summed E-state index contributed by atoms with van der Waals surface area (Å²) in [5, 5.41) is 9.23. The first-order valence-corrected chi connectivity index (χ1v) is 7.46. The molecule has 1 aliphatic heterocycles. The average molecular weight is 282 g/mol. The van der Waals surface area contributed by atoms with Crippen LogP contribution >= 0.6 is 0 Å². The maximum atomic E-state index is 9.23. The number of nitrogens with zero attached hydrogens (tertiary/aromatic N) is 4. The fraction of sp³-hybridized carbons (Fsp3) is 0.786. The third kappa shape index (κ3) is 4.56. The van der Waals surface area contributed by atoms with Crippen molar-refractivity contribution in [3.8, 4) is 0 Å². The fourth-order valence-electron chi connectivity index (χ4n) is 2.50. The first-order valence-electron chi connectivity index (χ1n) is 7.46. The number of aromatic nitrogens is 2. The van der Waals surface area contributed by atoms with E-state index in [1.165, 1.54) is 0 Å². The lowest BCUT2D eigenvalue weighted by molar-refractivity contribution is 0.0318. The van der Waals surface area contributed by atoms with Gasteiger partial charge < -0.3 is 14.4 Å². The van der Waals surface area contributed by atoms with Gasteiger partial charge in [0.15, 0.2) is 0 Å². The van der Waals surface area contributed by atoms with Crippen molar-refractivity contribution >= 4 is 0 Å². The van der Waals surface area contributed by atoms with Crippen LogP contribution in [-0.2, 0) is 17.8 Å². The molecule has 1 fully saturated rings. The Morgan fingerprint density at radius 1 is 1.35 bits per heavy atom. The standard InChI is InChI=1S/C14H26N4O2/c1-2-18-4-3-15-14(18)13-17(7-10-19)6-5-16-8-11-20-12-9-16/h3-4,19H,2,5-13H2,1H3. The van der Waals surface area contributed by atoms with Gasteiger partial charge in [-0.2, -0.15) is 0 Å². The summed E-state index contributed by atoms with van der Waals surface area (Å²) in [4.78, 5) is 9.09. The molecular weight excluding hydrogens is 256 g/mol. The molecule has 0 aromatic carbocycles.